The van der Waals surface area contributed by atoms with Crippen molar-refractivity contribution in [2.45, 2.75) is 19.1 Å². The predicted octanol–water partition coefficient (Wildman–Crippen LogP) is 1.27. The molecule has 128 valence electrons. The van der Waals surface area contributed by atoms with Crippen LogP contribution in [0.1, 0.15) is 6.42 Å². The van der Waals surface area contributed by atoms with Crippen molar-refractivity contribution in [1.29, 1.82) is 0 Å². The van der Waals surface area contributed by atoms with Crippen molar-refractivity contribution in [3.05, 3.63) is 46.9 Å². The van der Waals surface area contributed by atoms with Gasteiger partial charge in [-0.1, -0.05) is 18.2 Å². The van der Waals surface area contributed by atoms with Crippen LogP contribution in [0.15, 0.2) is 41.3 Å². The molecular weight excluding hydrogens is 308 g/mol. The van der Waals surface area contributed by atoms with Crippen molar-refractivity contribution in [2.24, 2.45) is 0 Å². The molecule has 1 aromatic carbocycles. The van der Waals surface area contributed by atoms with E-state index in [-0.39, 0.29) is 24.1 Å². The van der Waals surface area contributed by atoms with Crippen LogP contribution in [0.2, 0.25) is 0 Å². The number of rotatable bonds is 5. The third kappa shape index (κ3) is 3.66. The second-order valence-electron chi connectivity index (χ2n) is 5.95. The van der Waals surface area contributed by atoms with E-state index in [2.05, 4.69) is 0 Å². The summed E-state index contributed by atoms with van der Waals surface area (Å²) in [6.07, 6.45) is 2.44. The minimum absolute atomic E-state index is 0.00373. The first-order chi connectivity index (χ1) is 11.7. The number of methoxy groups -OCH3 is 1. The van der Waals surface area contributed by atoms with Gasteiger partial charge in [-0.15, -0.1) is 0 Å². The van der Waals surface area contributed by atoms with Crippen LogP contribution >= 0.6 is 0 Å². The second kappa shape index (κ2) is 7.59. The van der Waals surface area contributed by atoms with E-state index in [0.29, 0.717) is 31.7 Å². The molecule has 0 aliphatic carbocycles. The average molecular weight is 330 g/mol. The summed E-state index contributed by atoms with van der Waals surface area (Å²) in [5.41, 5.74) is -0.134. The number of fused-ring (bicyclic) bond motifs is 1. The molecule has 6 heteroatoms. The zero-order valence-electron chi connectivity index (χ0n) is 13.8. The lowest BCUT2D eigenvalue weighted by atomic mass is 10.2. The molecule has 1 amide bonds. The van der Waals surface area contributed by atoms with Crippen LogP contribution in [0.4, 0.5) is 0 Å². The van der Waals surface area contributed by atoms with E-state index in [1.54, 1.807) is 24.3 Å². The Hall–Kier alpha value is -2.18. The average Bonchev–Trinajstić information content (AvgIpc) is 2.62. The van der Waals surface area contributed by atoms with Gasteiger partial charge in [0.1, 0.15) is 6.54 Å². The number of morpholine rings is 1. The maximum Gasteiger partial charge on any atom is 0.258 e. The Labute approximate surface area is 140 Å². The Balaban J connectivity index is 1.70. The number of amides is 1. The molecule has 1 atom stereocenters. The highest BCUT2D eigenvalue weighted by Gasteiger charge is 2.24. The third-order valence-corrected chi connectivity index (χ3v) is 4.33. The van der Waals surface area contributed by atoms with Crippen molar-refractivity contribution in [3.63, 3.8) is 0 Å². The summed E-state index contributed by atoms with van der Waals surface area (Å²) in [6.45, 7) is 2.29. The van der Waals surface area contributed by atoms with Crippen molar-refractivity contribution >= 4 is 16.7 Å². The summed E-state index contributed by atoms with van der Waals surface area (Å²) in [4.78, 5) is 26.8. The molecule has 6 nitrogen and oxygen atoms in total. The molecule has 24 heavy (non-hydrogen) atoms. The maximum absolute atomic E-state index is 12.6. The summed E-state index contributed by atoms with van der Waals surface area (Å²) < 4.78 is 12.2. The highest BCUT2D eigenvalue weighted by Crippen LogP contribution is 2.11. The highest BCUT2D eigenvalue weighted by molar-refractivity contribution is 5.82. The Morgan fingerprint density at radius 1 is 1.33 bits per heavy atom. The molecule has 0 bridgehead atoms. The number of nitrogens with zero attached hydrogens (tertiary/aromatic N) is 2. The van der Waals surface area contributed by atoms with Gasteiger partial charge in [-0.2, -0.15) is 0 Å². The molecule has 0 spiro atoms. The van der Waals surface area contributed by atoms with E-state index in [9.17, 15) is 9.59 Å². The monoisotopic (exact) mass is 330 g/mol. The number of ether oxygens (including phenoxy) is 2. The number of hydrogen-bond acceptors (Lipinski definition) is 4. The van der Waals surface area contributed by atoms with Crippen molar-refractivity contribution in [1.82, 2.24) is 9.47 Å². The SMILES string of the molecule is COCCC1CN(C(=O)Cn2ccc3ccccc3c2=O)CCO1. The largest absolute Gasteiger partial charge is 0.385 e. The smallest absolute Gasteiger partial charge is 0.258 e. The predicted molar refractivity (Wildman–Crippen MR) is 91.0 cm³/mol. The van der Waals surface area contributed by atoms with Gasteiger partial charge in [0.15, 0.2) is 0 Å². The molecule has 1 fully saturated rings. The Morgan fingerprint density at radius 3 is 3.00 bits per heavy atom. The standard InChI is InChI=1S/C18H22N2O4/c1-23-10-7-15-12-19(9-11-24-15)17(21)13-20-8-6-14-4-2-3-5-16(14)18(20)22/h2-6,8,15H,7,9-13H2,1H3. The third-order valence-electron chi connectivity index (χ3n) is 4.33. The summed E-state index contributed by atoms with van der Waals surface area (Å²) in [5, 5.41) is 1.52. The van der Waals surface area contributed by atoms with Gasteiger partial charge in [0.25, 0.3) is 5.56 Å². The van der Waals surface area contributed by atoms with Gasteiger partial charge < -0.3 is 18.9 Å². The zero-order valence-corrected chi connectivity index (χ0v) is 13.8. The van der Waals surface area contributed by atoms with Gasteiger partial charge >= 0.3 is 0 Å². The summed E-state index contributed by atoms with van der Waals surface area (Å²) in [5.74, 6) is -0.0573. The molecule has 3 rings (SSSR count). The highest BCUT2D eigenvalue weighted by atomic mass is 16.5. The normalized spacial score (nSPS) is 18.0. The van der Waals surface area contributed by atoms with Gasteiger partial charge in [-0.3, -0.25) is 9.59 Å². The van der Waals surface area contributed by atoms with E-state index in [1.807, 2.05) is 24.3 Å². The van der Waals surface area contributed by atoms with Crippen LogP contribution in [-0.4, -0.2) is 54.9 Å². The van der Waals surface area contributed by atoms with E-state index >= 15 is 0 Å². The Bertz CT molecular complexity index is 771. The van der Waals surface area contributed by atoms with E-state index in [4.69, 9.17) is 9.47 Å². The maximum atomic E-state index is 12.6. The molecular formula is C18H22N2O4. The van der Waals surface area contributed by atoms with Crippen molar-refractivity contribution in [2.75, 3.05) is 33.4 Å². The fourth-order valence-corrected chi connectivity index (χ4v) is 2.97. The molecule has 2 heterocycles. The molecule has 1 saturated heterocycles. The van der Waals surface area contributed by atoms with Gasteiger partial charge in [-0.05, 0) is 23.9 Å². The van der Waals surface area contributed by atoms with Gasteiger partial charge in [0.2, 0.25) is 5.91 Å². The molecule has 0 saturated carbocycles. The number of pyridine rings is 1. The fraction of sp³-hybridized carbons (Fsp3) is 0.444. The lowest BCUT2D eigenvalue weighted by Crippen LogP contribution is -2.47. The van der Waals surface area contributed by atoms with Gasteiger partial charge in [0.05, 0.1) is 12.7 Å². The van der Waals surface area contributed by atoms with Crippen LogP contribution in [0.3, 0.4) is 0 Å². The lowest BCUT2D eigenvalue weighted by Gasteiger charge is -2.33. The summed E-state index contributed by atoms with van der Waals surface area (Å²) in [6, 6.07) is 9.27. The second-order valence-corrected chi connectivity index (χ2v) is 5.95. The number of carbonyl (C=O) groups excluding carboxylic acids is 1. The van der Waals surface area contributed by atoms with Crippen molar-refractivity contribution in [3.8, 4) is 0 Å². The molecule has 0 N–H and O–H groups in total. The van der Waals surface area contributed by atoms with Gasteiger partial charge in [-0.25, -0.2) is 0 Å². The molecule has 1 aromatic heterocycles. The van der Waals surface area contributed by atoms with Crippen LogP contribution < -0.4 is 5.56 Å². The molecule has 1 aliphatic heterocycles. The Morgan fingerprint density at radius 2 is 2.17 bits per heavy atom. The van der Waals surface area contributed by atoms with Crippen LogP contribution in [-0.2, 0) is 20.8 Å². The molecule has 1 unspecified atom stereocenters. The summed E-state index contributed by atoms with van der Waals surface area (Å²) in [7, 11) is 1.65. The van der Waals surface area contributed by atoms with Crippen LogP contribution in [0, 0.1) is 0 Å². The van der Waals surface area contributed by atoms with Crippen molar-refractivity contribution < 1.29 is 14.3 Å². The Kier molecular flexibility index (Phi) is 5.27. The number of benzene rings is 1. The zero-order chi connectivity index (χ0) is 16.9. The first-order valence-electron chi connectivity index (χ1n) is 8.15. The number of hydrogen-bond donors (Lipinski definition) is 0. The van der Waals surface area contributed by atoms with Crippen LogP contribution in [0.5, 0.6) is 0 Å². The number of aromatic nitrogens is 1. The topological polar surface area (TPSA) is 60.8 Å². The summed E-state index contributed by atoms with van der Waals surface area (Å²) >= 11 is 0. The first kappa shape index (κ1) is 16.7. The minimum Gasteiger partial charge on any atom is -0.385 e. The number of carbonyl (C=O) groups is 1. The van der Waals surface area contributed by atoms with E-state index in [1.165, 1.54) is 4.57 Å². The van der Waals surface area contributed by atoms with Gasteiger partial charge in [0, 0.05) is 38.4 Å². The van der Waals surface area contributed by atoms with Crippen LogP contribution in [0.25, 0.3) is 10.8 Å². The van der Waals surface area contributed by atoms with E-state index < -0.39 is 0 Å². The minimum atomic E-state index is -0.134. The quantitative estimate of drug-likeness (QED) is 0.828. The van der Waals surface area contributed by atoms with E-state index in [0.717, 1.165) is 11.8 Å². The molecule has 1 aliphatic rings. The first-order valence-corrected chi connectivity index (χ1v) is 8.15. The lowest BCUT2D eigenvalue weighted by molar-refractivity contribution is -0.140. The molecule has 2 aromatic rings. The molecule has 0 radical (unpaired) electrons. The fourth-order valence-electron chi connectivity index (χ4n) is 2.97.